The number of fused-ring (bicyclic) bond motifs is 1. The highest BCUT2D eigenvalue weighted by atomic mass is 35.5. The molecule has 0 radical (unpaired) electrons. The first-order valence-corrected chi connectivity index (χ1v) is 10.7. The molecule has 2 heterocycles. The lowest BCUT2D eigenvalue weighted by Gasteiger charge is -2.38. The standard InChI is InChI=1S/C18H26N2O5S.ClH/c1-13(19)15-4-2-3-8-20(15)18(21)7-11-26(22,23)14-5-6-16-17(12-14)25-10-9-24-16;/h5-6,12-13,15H,2-4,7-11,19H2,1H3;1H. The van der Waals surface area contributed by atoms with Crippen molar-refractivity contribution in [3.63, 3.8) is 0 Å². The van der Waals surface area contributed by atoms with Gasteiger partial charge in [0.05, 0.1) is 10.6 Å². The van der Waals surface area contributed by atoms with Gasteiger partial charge < -0.3 is 20.1 Å². The number of rotatable bonds is 5. The maximum Gasteiger partial charge on any atom is 0.223 e. The van der Waals surface area contributed by atoms with Crippen molar-refractivity contribution in [3.8, 4) is 11.5 Å². The molecule has 2 aliphatic heterocycles. The first kappa shape index (κ1) is 21.8. The minimum atomic E-state index is -3.58. The average Bonchev–Trinajstić information content (AvgIpc) is 2.65. The van der Waals surface area contributed by atoms with Gasteiger partial charge in [-0.15, -0.1) is 12.4 Å². The van der Waals surface area contributed by atoms with Gasteiger partial charge in [0.1, 0.15) is 13.2 Å². The van der Waals surface area contributed by atoms with Crippen molar-refractivity contribution in [1.29, 1.82) is 0 Å². The van der Waals surface area contributed by atoms with Crippen LogP contribution in [0.3, 0.4) is 0 Å². The molecule has 2 N–H and O–H groups in total. The molecule has 0 bridgehead atoms. The highest BCUT2D eigenvalue weighted by Gasteiger charge is 2.30. The smallest absolute Gasteiger partial charge is 0.223 e. The molecule has 1 aromatic carbocycles. The normalized spacial score (nSPS) is 20.5. The van der Waals surface area contributed by atoms with Gasteiger partial charge in [0.15, 0.2) is 21.3 Å². The Kier molecular flexibility index (Phi) is 7.36. The number of carbonyl (C=O) groups excluding carboxylic acids is 1. The van der Waals surface area contributed by atoms with E-state index in [0.29, 0.717) is 31.3 Å². The van der Waals surface area contributed by atoms with Gasteiger partial charge in [-0.25, -0.2) is 8.42 Å². The summed E-state index contributed by atoms with van der Waals surface area (Å²) in [4.78, 5) is 14.5. The number of nitrogens with zero attached hydrogens (tertiary/aromatic N) is 1. The summed E-state index contributed by atoms with van der Waals surface area (Å²) in [5.74, 6) is 0.595. The van der Waals surface area contributed by atoms with Gasteiger partial charge >= 0.3 is 0 Å². The van der Waals surface area contributed by atoms with E-state index in [4.69, 9.17) is 15.2 Å². The van der Waals surface area contributed by atoms with Crippen molar-refractivity contribution in [1.82, 2.24) is 4.90 Å². The minimum Gasteiger partial charge on any atom is -0.486 e. The SMILES string of the molecule is CC(N)C1CCCCN1C(=O)CCS(=O)(=O)c1ccc2c(c1)OCCO2.Cl. The number of sulfone groups is 1. The number of hydrogen-bond acceptors (Lipinski definition) is 6. The van der Waals surface area contributed by atoms with Crippen molar-refractivity contribution < 1.29 is 22.7 Å². The zero-order valence-corrected chi connectivity index (χ0v) is 17.1. The minimum absolute atomic E-state index is 0. The molecule has 2 unspecified atom stereocenters. The lowest BCUT2D eigenvalue weighted by molar-refractivity contribution is -0.134. The number of ether oxygens (including phenoxy) is 2. The summed E-state index contributed by atoms with van der Waals surface area (Å²) in [6, 6.07) is 4.45. The Morgan fingerprint density at radius 2 is 1.96 bits per heavy atom. The number of carbonyl (C=O) groups is 1. The van der Waals surface area contributed by atoms with Gasteiger partial charge in [-0.1, -0.05) is 0 Å². The molecule has 1 amide bonds. The molecule has 0 saturated carbocycles. The maximum absolute atomic E-state index is 12.6. The number of nitrogens with two attached hydrogens (primary N) is 1. The van der Waals surface area contributed by atoms with E-state index in [2.05, 4.69) is 0 Å². The predicted molar refractivity (Wildman–Crippen MR) is 104 cm³/mol. The predicted octanol–water partition coefficient (Wildman–Crippen LogP) is 1.77. The third kappa shape index (κ3) is 5.06. The average molecular weight is 419 g/mol. The summed E-state index contributed by atoms with van der Waals surface area (Å²) in [6.07, 6.45) is 2.81. The third-order valence-electron chi connectivity index (χ3n) is 4.93. The Balaban J connectivity index is 0.00000261. The maximum atomic E-state index is 12.6. The zero-order chi connectivity index (χ0) is 18.7. The summed E-state index contributed by atoms with van der Waals surface area (Å²) in [6.45, 7) is 3.38. The van der Waals surface area contributed by atoms with E-state index in [-0.39, 0.29) is 47.5 Å². The first-order chi connectivity index (χ1) is 12.4. The fourth-order valence-electron chi connectivity index (χ4n) is 3.51. The van der Waals surface area contributed by atoms with Crippen LogP contribution in [-0.2, 0) is 14.6 Å². The number of halogens is 1. The second kappa shape index (κ2) is 9.12. The summed E-state index contributed by atoms with van der Waals surface area (Å²) >= 11 is 0. The van der Waals surface area contributed by atoms with Gasteiger partial charge in [-0.05, 0) is 38.3 Å². The molecule has 9 heteroatoms. The topological polar surface area (TPSA) is 98.9 Å². The third-order valence-corrected chi connectivity index (χ3v) is 6.65. The largest absolute Gasteiger partial charge is 0.486 e. The molecule has 0 aromatic heterocycles. The Morgan fingerprint density at radius 3 is 2.67 bits per heavy atom. The zero-order valence-electron chi connectivity index (χ0n) is 15.4. The number of likely N-dealkylation sites (tertiary alicyclic amines) is 1. The Hall–Kier alpha value is -1.51. The number of amides is 1. The summed E-state index contributed by atoms with van der Waals surface area (Å²) in [5.41, 5.74) is 6.00. The van der Waals surface area contributed by atoms with Crippen LogP contribution in [0.25, 0.3) is 0 Å². The van der Waals surface area contributed by atoms with Crippen LogP contribution in [0.15, 0.2) is 23.1 Å². The highest BCUT2D eigenvalue weighted by Crippen LogP contribution is 2.32. The molecule has 0 spiro atoms. The number of piperidine rings is 1. The molecule has 1 aromatic rings. The van der Waals surface area contributed by atoms with Gasteiger partial charge in [-0.3, -0.25) is 4.79 Å². The molecule has 1 fully saturated rings. The van der Waals surface area contributed by atoms with Crippen LogP contribution in [0.5, 0.6) is 11.5 Å². The molecular formula is C18H27ClN2O5S. The van der Waals surface area contributed by atoms with E-state index in [1.54, 1.807) is 11.0 Å². The van der Waals surface area contributed by atoms with Gasteiger partial charge in [0, 0.05) is 31.1 Å². The van der Waals surface area contributed by atoms with E-state index >= 15 is 0 Å². The molecule has 2 atom stereocenters. The summed E-state index contributed by atoms with van der Waals surface area (Å²) in [5, 5.41) is 0. The second-order valence-electron chi connectivity index (χ2n) is 6.88. The van der Waals surface area contributed by atoms with Gasteiger partial charge in [-0.2, -0.15) is 0 Å². The van der Waals surface area contributed by atoms with Crippen molar-refractivity contribution >= 4 is 28.2 Å². The summed E-state index contributed by atoms with van der Waals surface area (Å²) < 4.78 is 36.1. The monoisotopic (exact) mass is 418 g/mol. The molecule has 0 aliphatic carbocycles. The van der Waals surface area contributed by atoms with Crippen LogP contribution in [0.2, 0.25) is 0 Å². The molecular weight excluding hydrogens is 392 g/mol. The van der Waals surface area contributed by atoms with Crippen LogP contribution in [0, 0.1) is 0 Å². The Bertz CT molecular complexity index is 769. The van der Waals surface area contributed by atoms with Crippen LogP contribution in [-0.4, -0.2) is 56.8 Å². The van der Waals surface area contributed by atoms with Crippen LogP contribution < -0.4 is 15.2 Å². The van der Waals surface area contributed by atoms with Crippen molar-refractivity contribution in [3.05, 3.63) is 18.2 Å². The molecule has 7 nitrogen and oxygen atoms in total. The molecule has 27 heavy (non-hydrogen) atoms. The van der Waals surface area contributed by atoms with Crippen molar-refractivity contribution in [2.45, 2.75) is 49.6 Å². The molecule has 2 aliphatic rings. The fourth-order valence-corrected chi connectivity index (χ4v) is 4.75. The second-order valence-corrected chi connectivity index (χ2v) is 8.99. The quantitative estimate of drug-likeness (QED) is 0.782. The lowest BCUT2D eigenvalue weighted by atomic mass is 9.96. The summed E-state index contributed by atoms with van der Waals surface area (Å²) in [7, 11) is -3.58. The fraction of sp³-hybridized carbons (Fsp3) is 0.611. The van der Waals surface area contributed by atoms with E-state index in [0.717, 1.165) is 19.3 Å². The van der Waals surface area contributed by atoms with E-state index in [1.807, 2.05) is 6.92 Å². The van der Waals surface area contributed by atoms with Crippen LogP contribution in [0.4, 0.5) is 0 Å². The molecule has 1 saturated heterocycles. The Labute approximate surface area is 166 Å². The van der Waals surface area contributed by atoms with E-state index < -0.39 is 9.84 Å². The van der Waals surface area contributed by atoms with Crippen molar-refractivity contribution in [2.75, 3.05) is 25.5 Å². The van der Waals surface area contributed by atoms with Crippen molar-refractivity contribution in [2.24, 2.45) is 5.73 Å². The van der Waals surface area contributed by atoms with E-state index in [9.17, 15) is 13.2 Å². The molecule has 152 valence electrons. The number of hydrogen-bond donors (Lipinski definition) is 1. The highest BCUT2D eigenvalue weighted by molar-refractivity contribution is 7.91. The first-order valence-electron chi connectivity index (χ1n) is 9.06. The number of benzene rings is 1. The van der Waals surface area contributed by atoms with Crippen LogP contribution >= 0.6 is 12.4 Å². The lowest BCUT2D eigenvalue weighted by Crippen LogP contribution is -2.51. The van der Waals surface area contributed by atoms with Gasteiger partial charge in [0.2, 0.25) is 5.91 Å². The van der Waals surface area contributed by atoms with E-state index in [1.165, 1.54) is 12.1 Å². The van der Waals surface area contributed by atoms with Crippen LogP contribution in [0.1, 0.15) is 32.6 Å². The molecule has 3 rings (SSSR count). The van der Waals surface area contributed by atoms with Gasteiger partial charge in [0.25, 0.3) is 0 Å². The Morgan fingerprint density at radius 1 is 1.26 bits per heavy atom.